The van der Waals surface area contributed by atoms with E-state index in [1.807, 2.05) is 24.3 Å². The van der Waals surface area contributed by atoms with Crippen LogP contribution in [0.4, 0.5) is 0 Å². The summed E-state index contributed by atoms with van der Waals surface area (Å²) in [7, 11) is 0. The zero-order chi connectivity index (χ0) is 10.5. The first-order valence-corrected chi connectivity index (χ1v) is 5.98. The summed E-state index contributed by atoms with van der Waals surface area (Å²) in [6.07, 6.45) is 0.819. The van der Waals surface area contributed by atoms with E-state index < -0.39 is 0 Å². The Balaban J connectivity index is 2.16. The third-order valence-corrected chi connectivity index (χ3v) is 3.14. The predicted octanol–water partition coefficient (Wildman–Crippen LogP) is 2.71. The predicted molar refractivity (Wildman–Crippen MR) is 64.2 cm³/mol. The molecule has 3 heteroatoms. The number of hydrogen-bond donors (Lipinski definition) is 1. The van der Waals surface area contributed by atoms with Crippen LogP contribution in [0.1, 0.15) is 6.42 Å². The van der Waals surface area contributed by atoms with Gasteiger partial charge in [-0.1, -0.05) is 24.3 Å². The number of hydrogen-bond acceptors (Lipinski definition) is 3. The van der Waals surface area contributed by atoms with Crippen LogP contribution in [0, 0.1) is 0 Å². The Bertz CT molecular complexity index is 444. The van der Waals surface area contributed by atoms with Gasteiger partial charge in [-0.25, -0.2) is 4.98 Å². The highest BCUT2D eigenvalue weighted by molar-refractivity contribution is 7.99. The minimum absolute atomic E-state index is 0.251. The van der Waals surface area contributed by atoms with Gasteiger partial charge in [-0.15, -0.1) is 11.8 Å². The Labute approximate surface area is 93.3 Å². The Morgan fingerprint density at radius 2 is 2.00 bits per heavy atom. The van der Waals surface area contributed by atoms with Crippen molar-refractivity contribution in [1.29, 1.82) is 0 Å². The molecule has 1 heterocycles. The molecule has 0 bridgehead atoms. The molecule has 2 aromatic rings. The standard InChI is InChI=1S/C12H13NOS/c14-8-3-9-15-12-7-6-10-4-1-2-5-11(10)13-12/h1-2,4-7,14H,3,8-9H2. The second-order valence-electron chi connectivity index (χ2n) is 3.27. The topological polar surface area (TPSA) is 33.1 Å². The van der Waals surface area contributed by atoms with Crippen LogP contribution in [-0.2, 0) is 0 Å². The fourth-order valence-corrected chi connectivity index (χ4v) is 2.18. The molecule has 0 radical (unpaired) electrons. The van der Waals surface area contributed by atoms with Gasteiger partial charge in [0.1, 0.15) is 0 Å². The van der Waals surface area contributed by atoms with Crippen molar-refractivity contribution in [3.8, 4) is 0 Å². The lowest BCUT2D eigenvalue weighted by atomic mass is 10.2. The number of fused-ring (bicyclic) bond motifs is 1. The van der Waals surface area contributed by atoms with Gasteiger partial charge in [-0.3, -0.25) is 0 Å². The summed E-state index contributed by atoms with van der Waals surface area (Å²) < 4.78 is 0. The molecule has 0 saturated heterocycles. The molecule has 15 heavy (non-hydrogen) atoms. The van der Waals surface area contributed by atoms with E-state index in [1.165, 1.54) is 5.39 Å². The largest absolute Gasteiger partial charge is 0.396 e. The summed E-state index contributed by atoms with van der Waals surface area (Å²) >= 11 is 1.69. The monoisotopic (exact) mass is 219 g/mol. The van der Waals surface area contributed by atoms with E-state index in [0.717, 1.165) is 22.7 Å². The summed E-state index contributed by atoms with van der Waals surface area (Å²) in [4.78, 5) is 4.53. The zero-order valence-corrected chi connectivity index (χ0v) is 9.20. The van der Waals surface area contributed by atoms with Crippen LogP contribution in [0.5, 0.6) is 0 Å². The van der Waals surface area contributed by atoms with Gasteiger partial charge in [0.25, 0.3) is 0 Å². The summed E-state index contributed by atoms with van der Waals surface area (Å²) in [6.45, 7) is 0.251. The summed E-state index contributed by atoms with van der Waals surface area (Å²) in [5, 5.41) is 10.9. The second kappa shape index (κ2) is 5.14. The molecule has 0 spiro atoms. The maximum Gasteiger partial charge on any atom is 0.0967 e. The maximum atomic E-state index is 8.68. The molecule has 1 aromatic carbocycles. The molecule has 0 fully saturated rings. The fourth-order valence-electron chi connectivity index (χ4n) is 1.37. The molecule has 0 amide bonds. The van der Waals surface area contributed by atoms with Gasteiger partial charge in [0, 0.05) is 17.7 Å². The number of aliphatic hydroxyl groups is 1. The Hall–Kier alpha value is -1.06. The van der Waals surface area contributed by atoms with E-state index in [4.69, 9.17) is 5.11 Å². The Morgan fingerprint density at radius 3 is 2.87 bits per heavy atom. The lowest BCUT2D eigenvalue weighted by molar-refractivity contribution is 0.296. The number of pyridine rings is 1. The molecule has 2 nitrogen and oxygen atoms in total. The number of nitrogens with zero attached hydrogens (tertiary/aromatic N) is 1. The van der Waals surface area contributed by atoms with Gasteiger partial charge in [-0.05, 0) is 18.6 Å². The molecule has 0 saturated carbocycles. The fraction of sp³-hybridized carbons (Fsp3) is 0.250. The van der Waals surface area contributed by atoms with Crippen molar-refractivity contribution in [2.24, 2.45) is 0 Å². The number of thioether (sulfide) groups is 1. The van der Waals surface area contributed by atoms with Crippen molar-refractivity contribution in [3.05, 3.63) is 36.4 Å². The van der Waals surface area contributed by atoms with Crippen molar-refractivity contribution < 1.29 is 5.11 Å². The molecule has 0 atom stereocenters. The van der Waals surface area contributed by atoms with Gasteiger partial charge < -0.3 is 5.11 Å². The van der Waals surface area contributed by atoms with E-state index in [2.05, 4.69) is 17.1 Å². The van der Waals surface area contributed by atoms with Crippen LogP contribution >= 0.6 is 11.8 Å². The highest BCUT2D eigenvalue weighted by Crippen LogP contribution is 2.20. The van der Waals surface area contributed by atoms with Crippen LogP contribution in [0.3, 0.4) is 0 Å². The minimum Gasteiger partial charge on any atom is -0.396 e. The lowest BCUT2D eigenvalue weighted by Crippen LogP contribution is -1.87. The van der Waals surface area contributed by atoms with Crippen LogP contribution in [0.25, 0.3) is 10.9 Å². The normalized spacial score (nSPS) is 10.7. The molecule has 2 rings (SSSR count). The molecule has 78 valence electrons. The highest BCUT2D eigenvalue weighted by atomic mass is 32.2. The first-order chi connectivity index (χ1) is 7.40. The molecule has 0 unspecified atom stereocenters. The van der Waals surface area contributed by atoms with E-state index in [-0.39, 0.29) is 6.61 Å². The SMILES string of the molecule is OCCCSc1ccc2ccccc2n1. The van der Waals surface area contributed by atoms with E-state index in [1.54, 1.807) is 11.8 Å². The van der Waals surface area contributed by atoms with E-state index >= 15 is 0 Å². The molecule has 1 aromatic heterocycles. The lowest BCUT2D eigenvalue weighted by Gasteiger charge is -2.01. The summed E-state index contributed by atoms with van der Waals surface area (Å²) in [5.74, 6) is 0.918. The van der Waals surface area contributed by atoms with Gasteiger partial charge in [-0.2, -0.15) is 0 Å². The Kier molecular flexibility index (Phi) is 3.59. The van der Waals surface area contributed by atoms with E-state index in [0.29, 0.717) is 0 Å². The molecule has 1 N–H and O–H groups in total. The van der Waals surface area contributed by atoms with Gasteiger partial charge in [0.05, 0.1) is 10.5 Å². The third kappa shape index (κ3) is 2.70. The Morgan fingerprint density at radius 1 is 1.13 bits per heavy atom. The van der Waals surface area contributed by atoms with Crippen LogP contribution < -0.4 is 0 Å². The van der Waals surface area contributed by atoms with Crippen molar-refractivity contribution in [2.45, 2.75) is 11.4 Å². The number of rotatable bonds is 4. The van der Waals surface area contributed by atoms with Crippen LogP contribution in [-0.4, -0.2) is 22.5 Å². The van der Waals surface area contributed by atoms with Gasteiger partial charge >= 0.3 is 0 Å². The van der Waals surface area contributed by atoms with Crippen molar-refractivity contribution in [3.63, 3.8) is 0 Å². The minimum atomic E-state index is 0.251. The smallest absolute Gasteiger partial charge is 0.0967 e. The van der Waals surface area contributed by atoms with E-state index in [9.17, 15) is 0 Å². The first-order valence-electron chi connectivity index (χ1n) is 4.99. The highest BCUT2D eigenvalue weighted by Gasteiger charge is 1.97. The quantitative estimate of drug-likeness (QED) is 0.634. The average molecular weight is 219 g/mol. The molecule has 0 aliphatic rings. The molecule has 0 aliphatic heterocycles. The molecule has 0 aliphatic carbocycles. The zero-order valence-electron chi connectivity index (χ0n) is 8.39. The summed E-state index contributed by atoms with van der Waals surface area (Å²) in [5.41, 5.74) is 1.03. The number of para-hydroxylation sites is 1. The second-order valence-corrected chi connectivity index (χ2v) is 4.38. The van der Waals surface area contributed by atoms with Crippen molar-refractivity contribution in [1.82, 2.24) is 4.98 Å². The van der Waals surface area contributed by atoms with Gasteiger partial charge in [0.15, 0.2) is 0 Å². The van der Waals surface area contributed by atoms with Crippen LogP contribution in [0.2, 0.25) is 0 Å². The number of aliphatic hydroxyl groups excluding tert-OH is 1. The first kappa shape index (κ1) is 10.5. The van der Waals surface area contributed by atoms with Crippen LogP contribution in [0.15, 0.2) is 41.4 Å². The number of benzene rings is 1. The van der Waals surface area contributed by atoms with Crippen molar-refractivity contribution >= 4 is 22.7 Å². The summed E-state index contributed by atoms with van der Waals surface area (Å²) in [6, 6.07) is 12.2. The van der Waals surface area contributed by atoms with Gasteiger partial charge in [0.2, 0.25) is 0 Å². The molecular weight excluding hydrogens is 206 g/mol. The number of aromatic nitrogens is 1. The molecular formula is C12H13NOS. The third-order valence-electron chi connectivity index (χ3n) is 2.13. The maximum absolute atomic E-state index is 8.68. The van der Waals surface area contributed by atoms with Crippen molar-refractivity contribution in [2.75, 3.05) is 12.4 Å². The average Bonchev–Trinajstić information content (AvgIpc) is 2.29.